The number of rotatable bonds is 3. The lowest BCUT2D eigenvalue weighted by Gasteiger charge is -2.06. The van der Waals surface area contributed by atoms with Crippen LogP contribution in [0.25, 0.3) is 11.0 Å². The molecular formula is C17H14ClNO2. The van der Waals surface area contributed by atoms with Crippen molar-refractivity contribution >= 4 is 34.0 Å². The summed E-state index contributed by atoms with van der Waals surface area (Å²) in [5.41, 5.74) is 7.86. The van der Waals surface area contributed by atoms with Crippen LogP contribution in [0.15, 0.2) is 46.9 Å². The van der Waals surface area contributed by atoms with Crippen molar-refractivity contribution in [2.45, 2.75) is 13.3 Å². The molecule has 0 aliphatic heterocycles. The van der Waals surface area contributed by atoms with Crippen LogP contribution in [0, 0.1) is 0 Å². The Morgan fingerprint density at radius 3 is 2.71 bits per heavy atom. The molecule has 0 spiro atoms. The number of hydrogen-bond donors (Lipinski definition) is 1. The maximum absolute atomic E-state index is 12.9. The third-order valence-electron chi connectivity index (χ3n) is 3.49. The minimum atomic E-state index is -0.158. The molecule has 0 radical (unpaired) electrons. The van der Waals surface area contributed by atoms with Crippen LogP contribution in [0.5, 0.6) is 0 Å². The molecule has 0 saturated heterocycles. The molecule has 3 rings (SSSR count). The molecule has 0 fully saturated rings. The maximum Gasteiger partial charge on any atom is 0.198 e. The predicted molar refractivity (Wildman–Crippen MR) is 84.9 cm³/mol. The quantitative estimate of drug-likeness (QED) is 0.574. The number of halogens is 1. The third-order valence-corrected chi connectivity index (χ3v) is 3.91. The van der Waals surface area contributed by atoms with Gasteiger partial charge in [0, 0.05) is 17.4 Å². The molecule has 0 atom stereocenters. The van der Waals surface area contributed by atoms with Gasteiger partial charge in [0.2, 0.25) is 0 Å². The Morgan fingerprint density at radius 1 is 1.19 bits per heavy atom. The second-order valence-electron chi connectivity index (χ2n) is 4.79. The highest BCUT2D eigenvalue weighted by Crippen LogP contribution is 2.32. The van der Waals surface area contributed by atoms with E-state index in [1.54, 1.807) is 18.2 Å². The topological polar surface area (TPSA) is 56.2 Å². The number of para-hydroxylation sites is 1. The Hall–Kier alpha value is -2.26. The van der Waals surface area contributed by atoms with Crippen molar-refractivity contribution in [1.29, 1.82) is 0 Å². The van der Waals surface area contributed by atoms with Gasteiger partial charge in [-0.15, -0.1) is 0 Å². The van der Waals surface area contributed by atoms with E-state index in [0.29, 0.717) is 34.6 Å². The molecular weight excluding hydrogens is 286 g/mol. The van der Waals surface area contributed by atoms with Crippen LogP contribution < -0.4 is 5.73 Å². The van der Waals surface area contributed by atoms with E-state index in [1.807, 2.05) is 31.2 Å². The number of furan rings is 1. The van der Waals surface area contributed by atoms with E-state index in [2.05, 4.69) is 0 Å². The summed E-state index contributed by atoms with van der Waals surface area (Å²) in [5, 5.41) is 1.09. The number of benzene rings is 2. The smallest absolute Gasteiger partial charge is 0.198 e. The molecule has 0 bridgehead atoms. The van der Waals surface area contributed by atoms with Crippen LogP contribution in [0.4, 0.5) is 5.69 Å². The summed E-state index contributed by atoms with van der Waals surface area (Å²) >= 11 is 6.18. The first-order valence-electron chi connectivity index (χ1n) is 6.72. The summed E-state index contributed by atoms with van der Waals surface area (Å²) in [5.74, 6) is 0.508. The van der Waals surface area contributed by atoms with Crippen LogP contribution in [-0.4, -0.2) is 5.78 Å². The molecule has 0 saturated carbocycles. The van der Waals surface area contributed by atoms with E-state index in [0.717, 1.165) is 5.39 Å². The highest BCUT2D eigenvalue weighted by Gasteiger charge is 2.23. The predicted octanol–water partition coefficient (Wildman–Crippen LogP) is 4.46. The second kappa shape index (κ2) is 5.26. The van der Waals surface area contributed by atoms with Crippen LogP contribution in [0.3, 0.4) is 0 Å². The van der Waals surface area contributed by atoms with E-state index in [4.69, 9.17) is 21.8 Å². The molecule has 21 heavy (non-hydrogen) atoms. The summed E-state index contributed by atoms with van der Waals surface area (Å²) in [6.07, 6.45) is 0.635. The average Bonchev–Trinajstić information content (AvgIpc) is 2.88. The number of nitrogen functional groups attached to an aromatic ring is 1. The lowest BCUT2D eigenvalue weighted by atomic mass is 9.99. The van der Waals surface area contributed by atoms with Crippen molar-refractivity contribution in [2.75, 3.05) is 5.73 Å². The minimum absolute atomic E-state index is 0.158. The van der Waals surface area contributed by atoms with Gasteiger partial charge in [-0.3, -0.25) is 4.79 Å². The number of hydrogen-bond acceptors (Lipinski definition) is 3. The van der Waals surface area contributed by atoms with Crippen LogP contribution in [0.2, 0.25) is 5.02 Å². The number of aryl methyl sites for hydroxylation is 1. The number of carbonyl (C=O) groups excluding carboxylic acids is 1. The van der Waals surface area contributed by atoms with Gasteiger partial charge in [0.15, 0.2) is 5.78 Å². The van der Waals surface area contributed by atoms with Crippen molar-refractivity contribution in [3.8, 4) is 0 Å². The summed E-state index contributed by atoms with van der Waals surface area (Å²) in [6.45, 7) is 1.95. The Labute approximate surface area is 127 Å². The first-order valence-corrected chi connectivity index (χ1v) is 7.10. The number of fused-ring (bicyclic) bond motifs is 1. The Morgan fingerprint density at radius 2 is 1.95 bits per heavy atom. The number of nitrogens with two attached hydrogens (primary N) is 1. The van der Waals surface area contributed by atoms with Gasteiger partial charge in [-0.05, 0) is 18.2 Å². The number of carbonyl (C=O) groups is 1. The SMILES string of the molecule is CCc1oc2ccccc2c1C(=O)c1cccc(N)c1Cl. The summed E-state index contributed by atoms with van der Waals surface area (Å²) in [4.78, 5) is 12.9. The van der Waals surface area contributed by atoms with Gasteiger partial charge < -0.3 is 10.2 Å². The standard InChI is InChI=1S/C17H14ClNO2/c1-2-13-15(10-6-3-4-9-14(10)21-13)17(20)11-7-5-8-12(19)16(11)18/h3-9H,2,19H2,1H3. The molecule has 4 heteroatoms. The van der Waals surface area contributed by atoms with Crippen LogP contribution in [0.1, 0.15) is 28.6 Å². The molecule has 2 N–H and O–H groups in total. The van der Waals surface area contributed by atoms with Gasteiger partial charge in [0.05, 0.1) is 16.3 Å². The van der Waals surface area contributed by atoms with E-state index in [-0.39, 0.29) is 10.8 Å². The Bertz CT molecular complexity index is 836. The fourth-order valence-corrected chi connectivity index (χ4v) is 2.67. The molecule has 3 nitrogen and oxygen atoms in total. The summed E-state index contributed by atoms with van der Waals surface area (Å²) in [6, 6.07) is 12.6. The highest BCUT2D eigenvalue weighted by atomic mass is 35.5. The fourth-order valence-electron chi connectivity index (χ4n) is 2.45. The molecule has 106 valence electrons. The van der Waals surface area contributed by atoms with Crippen LogP contribution >= 0.6 is 11.6 Å². The normalized spacial score (nSPS) is 11.0. The summed E-state index contributed by atoms with van der Waals surface area (Å²) in [7, 11) is 0. The van der Waals surface area contributed by atoms with Crippen molar-refractivity contribution in [2.24, 2.45) is 0 Å². The van der Waals surface area contributed by atoms with Crippen molar-refractivity contribution < 1.29 is 9.21 Å². The summed E-state index contributed by atoms with van der Waals surface area (Å²) < 4.78 is 5.77. The molecule has 1 heterocycles. The first kappa shape index (κ1) is 13.7. The van der Waals surface area contributed by atoms with Gasteiger partial charge in [-0.1, -0.05) is 42.8 Å². The van der Waals surface area contributed by atoms with Crippen molar-refractivity contribution in [3.05, 3.63) is 64.4 Å². The van der Waals surface area contributed by atoms with Crippen molar-refractivity contribution in [1.82, 2.24) is 0 Å². The lowest BCUT2D eigenvalue weighted by molar-refractivity contribution is 0.103. The highest BCUT2D eigenvalue weighted by molar-refractivity contribution is 6.37. The largest absolute Gasteiger partial charge is 0.460 e. The molecule has 0 amide bonds. The average molecular weight is 300 g/mol. The molecule has 1 aromatic heterocycles. The zero-order chi connectivity index (χ0) is 15.0. The zero-order valence-electron chi connectivity index (χ0n) is 11.5. The van der Waals surface area contributed by atoms with E-state index >= 15 is 0 Å². The third kappa shape index (κ3) is 2.20. The first-order chi connectivity index (χ1) is 10.1. The van der Waals surface area contributed by atoms with Gasteiger partial charge in [-0.25, -0.2) is 0 Å². The monoisotopic (exact) mass is 299 g/mol. The van der Waals surface area contributed by atoms with Crippen LogP contribution in [-0.2, 0) is 6.42 Å². The van der Waals surface area contributed by atoms with E-state index in [1.165, 1.54) is 0 Å². The Balaban J connectivity index is 2.24. The van der Waals surface area contributed by atoms with E-state index < -0.39 is 0 Å². The zero-order valence-corrected chi connectivity index (χ0v) is 12.3. The van der Waals surface area contributed by atoms with E-state index in [9.17, 15) is 4.79 Å². The number of ketones is 1. The molecule has 0 unspecified atom stereocenters. The number of anilines is 1. The van der Waals surface area contributed by atoms with Crippen molar-refractivity contribution in [3.63, 3.8) is 0 Å². The lowest BCUT2D eigenvalue weighted by Crippen LogP contribution is -2.05. The fraction of sp³-hybridized carbons (Fsp3) is 0.118. The molecule has 0 aliphatic rings. The minimum Gasteiger partial charge on any atom is -0.460 e. The second-order valence-corrected chi connectivity index (χ2v) is 5.17. The van der Waals surface area contributed by atoms with Gasteiger partial charge in [-0.2, -0.15) is 0 Å². The Kier molecular flexibility index (Phi) is 3.43. The van der Waals surface area contributed by atoms with Gasteiger partial charge in [0.25, 0.3) is 0 Å². The maximum atomic E-state index is 12.9. The molecule has 2 aromatic carbocycles. The molecule has 0 aliphatic carbocycles. The van der Waals surface area contributed by atoms with Gasteiger partial charge >= 0.3 is 0 Å². The molecule has 3 aromatic rings. The van der Waals surface area contributed by atoms with Gasteiger partial charge in [0.1, 0.15) is 11.3 Å².